The van der Waals surface area contributed by atoms with Gasteiger partial charge in [-0.2, -0.15) is 0 Å². The van der Waals surface area contributed by atoms with Crippen molar-refractivity contribution in [1.29, 1.82) is 0 Å². The second kappa shape index (κ2) is 7.33. The van der Waals surface area contributed by atoms with Crippen LogP contribution in [-0.4, -0.2) is 38.0 Å². The molecule has 5 nitrogen and oxygen atoms in total. The van der Waals surface area contributed by atoms with Crippen LogP contribution in [0.15, 0.2) is 42.5 Å². The number of benzene rings is 2. The van der Waals surface area contributed by atoms with Gasteiger partial charge in [0.1, 0.15) is 0 Å². The minimum absolute atomic E-state index is 0.0821. The second-order valence-electron chi connectivity index (χ2n) is 7.39. The summed E-state index contributed by atoms with van der Waals surface area (Å²) >= 11 is 0. The zero-order valence-corrected chi connectivity index (χ0v) is 16.0. The van der Waals surface area contributed by atoms with Gasteiger partial charge in [-0.3, -0.25) is 4.79 Å². The number of hydrogen-bond donors (Lipinski definition) is 1. The smallest absolute Gasteiger partial charge is 0.255 e. The van der Waals surface area contributed by atoms with Crippen LogP contribution in [-0.2, 0) is 9.47 Å². The molecule has 27 heavy (non-hydrogen) atoms. The summed E-state index contributed by atoms with van der Waals surface area (Å²) in [5.41, 5.74) is 4.95. The van der Waals surface area contributed by atoms with Gasteiger partial charge in [0, 0.05) is 42.9 Å². The first kappa shape index (κ1) is 18.0. The van der Waals surface area contributed by atoms with Gasteiger partial charge < -0.3 is 19.7 Å². The maximum atomic E-state index is 12.5. The Labute approximate surface area is 160 Å². The summed E-state index contributed by atoms with van der Waals surface area (Å²) in [5.74, 6) is -0.433. The van der Waals surface area contributed by atoms with Gasteiger partial charge in [0.15, 0.2) is 5.79 Å². The van der Waals surface area contributed by atoms with Crippen LogP contribution in [0.4, 0.5) is 11.4 Å². The van der Waals surface area contributed by atoms with E-state index in [9.17, 15) is 4.79 Å². The zero-order chi connectivity index (χ0) is 18.9. The molecule has 0 aromatic heterocycles. The van der Waals surface area contributed by atoms with Gasteiger partial charge in [0.05, 0.1) is 13.2 Å². The molecule has 0 atom stereocenters. The summed E-state index contributed by atoms with van der Waals surface area (Å²) in [6.45, 7) is 7.29. The number of carbonyl (C=O) groups excluding carboxylic acids is 1. The van der Waals surface area contributed by atoms with Gasteiger partial charge in [-0.15, -0.1) is 0 Å². The highest BCUT2D eigenvalue weighted by molar-refractivity contribution is 6.04. The number of anilines is 2. The lowest BCUT2D eigenvalue weighted by molar-refractivity contribution is -0.169. The molecule has 1 N–H and O–H groups in total. The predicted molar refractivity (Wildman–Crippen MR) is 106 cm³/mol. The zero-order valence-electron chi connectivity index (χ0n) is 16.0. The van der Waals surface area contributed by atoms with Crippen LogP contribution in [0.5, 0.6) is 0 Å². The second-order valence-corrected chi connectivity index (χ2v) is 7.39. The third kappa shape index (κ3) is 3.84. The fraction of sp³-hybridized carbons (Fsp3) is 0.409. The van der Waals surface area contributed by atoms with E-state index in [4.69, 9.17) is 9.47 Å². The van der Waals surface area contributed by atoms with Crippen molar-refractivity contribution in [2.24, 2.45) is 0 Å². The summed E-state index contributed by atoms with van der Waals surface area (Å²) < 4.78 is 11.6. The highest BCUT2D eigenvalue weighted by Crippen LogP contribution is 2.33. The average molecular weight is 366 g/mol. The minimum Gasteiger partial charge on any atom is -0.371 e. The molecule has 2 fully saturated rings. The van der Waals surface area contributed by atoms with Gasteiger partial charge in [-0.25, -0.2) is 0 Å². The molecule has 1 spiro atoms. The summed E-state index contributed by atoms with van der Waals surface area (Å²) in [5, 5.41) is 2.98. The highest BCUT2D eigenvalue weighted by Gasteiger charge is 2.39. The van der Waals surface area contributed by atoms with E-state index < -0.39 is 0 Å². The van der Waals surface area contributed by atoms with E-state index in [1.54, 1.807) is 0 Å². The molecule has 2 aliphatic rings. The van der Waals surface area contributed by atoms with Crippen LogP contribution in [0.2, 0.25) is 0 Å². The van der Waals surface area contributed by atoms with Crippen LogP contribution in [0, 0.1) is 13.8 Å². The Morgan fingerprint density at radius 2 is 1.63 bits per heavy atom. The van der Waals surface area contributed by atoms with E-state index in [-0.39, 0.29) is 11.7 Å². The Morgan fingerprint density at radius 3 is 2.26 bits per heavy atom. The number of amides is 1. The number of aryl methyl sites for hydroxylation is 2. The van der Waals surface area contributed by atoms with Gasteiger partial charge in [0.2, 0.25) is 0 Å². The van der Waals surface area contributed by atoms with Crippen molar-refractivity contribution in [3.8, 4) is 0 Å². The van der Waals surface area contributed by atoms with Crippen LogP contribution in [0.25, 0.3) is 0 Å². The average Bonchev–Trinajstić information content (AvgIpc) is 3.13. The number of nitrogens with zero attached hydrogens (tertiary/aromatic N) is 1. The molecule has 2 heterocycles. The maximum absolute atomic E-state index is 12.5. The fourth-order valence-corrected chi connectivity index (χ4v) is 3.73. The summed E-state index contributed by atoms with van der Waals surface area (Å²) in [7, 11) is 0. The van der Waals surface area contributed by atoms with Gasteiger partial charge in [-0.05, 0) is 61.4 Å². The molecule has 0 radical (unpaired) electrons. The molecule has 2 aliphatic heterocycles. The maximum Gasteiger partial charge on any atom is 0.255 e. The quantitative estimate of drug-likeness (QED) is 0.895. The van der Waals surface area contributed by atoms with Crippen molar-refractivity contribution in [1.82, 2.24) is 0 Å². The third-order valence-corrected chi connectivity index (χ3v) is 5.60. The molecule has 2 saturated heterocycles. The van der Waals surface area contributed by atoms with Crippen LogP contribution in [0.1, 0.15) is 34.3 Å². The molecule has 0 aliphatic carbocycles. The number of hydrogen-bond acceptors (Lipinski definition) is 4. The molecule has 5 heteroatoms. The van der Waals surface area contributed by atoms with E-state index >= 15 is 0 Å². The lowest BCUT2D eigenvalue weighted by Crippen LogP contribution is -2.45. The molecule has 0 bridgehead atoms. The van der Waals surface area contributed by atoms with E-state index in [0.717, 1.165) is 42.9 Å². The standard InChI is InChI=1S/C22H26N2O3/c1-16-3-4-18(15-17(16)2)21(25)23-19-5-7-20(8-6-19)24-11-9-22(10-12-24)26-13-14-27-22/h3-8,15H,9-14H2,1-2H3,(H,23,25). The monoisotopic (exact) mass is 366 g/mol. The first-order valence-corrected chi connectivity index (χ1v) is 9.56. The molecule has 2 aromatic rings. The molecular formula is C22H26N2O3. The summed E-state index contributed by atoms with van der Waals surface area (Å²) in [6, 6.07) is 13.8. The van der Waals surface area contributed by atoms with E-state index in [1.165, 1.54) is 5.56 Å². The Kier molecular flexibility index (Phi) is 4.89. The molecular weight excluding hydrogens is 340 g/mol. The van der Waals surface area contributed by atoms with Crippen molar-refractivity contribution in [2.75, 3.05) is 36.5 Å². The topological polar surface area (TPSA) is 50.8 Å². The van der Waals surface area contributed by atoms with E-state index in [0.29, 0.717) is 18.8 Å². The molecule has 0 saturated carbocycles. The van der Waals surface area contributed by atoms with Crippen molar-refractivity contribution in [3.63, 3.8) is 0 Å². The number of carbonyl (C=O) groups is 1. The van der Waals surface area contributed by atoms with Gasteiger partial charge in [0.25, 0.3) is 5.91 Å². The van der Waals surface area contributed by atoms with E-state index in [1.807, 2.05) is 44.2 Å². The Balaban J connectivity index is 1.37. The third-order valence-electron chi connectivity index (χ3n) is 5.60. The Hall–Kier alpha value is -2.37. The lowest BCUT2D eigenvalue weighted by Gasteiger charge is -2.38. The fourth-order valence-electron chi connectivity index (χ4n) is 3.73. The molecule has 2 aromatic carbocycles. The molecule has 0 unspecified atom stereocenters. The minimum atomic E-state index is -0.351. The Morgan fingerprint density at radius 1 is 0.963 bits per heavy atom. The number of ether oxygens (including phenoxy) is 2. The van der Waals surface area contributed by atoms with Crippen molar-refractivity contribution < 1.29 is 14.3 Å². The SMILES string of the molecule is Cc1ccc(C(=O)Nc2ccc(N3CCC4(CC3)OCCO4)cc2)cc1C. The predicted octanol–water partition coefficient (Wildman–Crippen LogP) is 3.90. The number of rotatable bonds is 3. The highest BCUT2D eigenvalue weighted by atomic mass is 16.7. The summed E-state index contributed by atoms with van der Waals surface area (Å²) in [4.78, 5) is 14.8. The van der Waals surface area contributed by atoms with Crippen molar-refractivity contribution in [2.45, 2.75) is 32.5 Å². The molecule has 1 amide bonds. The normalized spacial score (nSPS) is 18.7. The van der Waals surface area contributed by atoms with Gasteiger partial charge in [-0.1, -0.05) is 6.07 Å². The molecule has 4 rings (SSSR count). The number of piperidine rings is 1. The van der Waals surface area contributed by atoms with Gasteiger partial charge >= 0.3 is 0 Å². The van der Waals surface area contributed by atoms with Crippen LogP contribution in [0.3, 0.4) is 0 Å². The van der Waals surface area contributed by atoms with Crippen LogP contribution < -0.4 is 10.2 Å². The van der Waals surface area contributed by atoms with Crippen LogP contribution >= 0.6 is 0 Å². The van der Waals surface area contributed by atoms with Crippen molar-refractivity contribution >= 4 is 17.3 Å². The summed E-state index contributed by atoms with van der Waals surface area (Å²) in [6.07, 6.45) is 1.77. The number of nitrogens with one attached hydrogen (secondary N) is 1. The molecule has 142 valence electrons. The first-order valence-electron chi connectivity index (χ1n) is 9.56. The largest absolute Gasteiger partial charge is 0.371 e. The first-order chi connectivity index (χ1) is 13.0. The van der Waals surface area contributed by atoms with E-state index in [2.05, 4.69) is 22.3 Å². The Bertz CT molecular complexity index is 816. The van der Waals surface area contributed by atoms with Crippen molar-refractivity contribution in [3.05, 3.63) is 59.2 Å². The lowest BCUT2D eigenvalue weighted by atomic mass is 10.0.